The molecule has 2 aliphatic rings. The first-order chi connectivity index (χ1) is 18.4. The van der Waals surface area contributed by atoms with Crippen molar-refractivity contribution in [3.63, 3.8) is 0 Å². The summed E-state index contributed by atoms with van der Waals surface area (Å²) in [5, 5.41) is 5.93. The molecular formula is C29H41ClN8. The van der Waals surface area contributed by atoms with Crippen molar-refractivity contribution in [2.45, 2.75) is 38.1 Å². The summed E-state index contributed by atoms with van der Waals surface area (Å²) in [6.07, 6.45) is 5.43. The highest BCUT2D eigenvalue weighted by atomic mass is 35.5. The van der Waals surface area contributed by atoms with Crippen molar-refractivity contribution in [2.75, 3.05) is 70.2 Å². The van der Waals surface area contributed by atoms with Crippen molar-refractivity contribution in [3.8, 4) is 0 Å². The average molecular weight is 537 g/mol. The van der Waals surface area contributed by atoms with Crippen molar-refractivity contribution in [2.24, 2.45) is 5.73 Å². The van der Waals surface area contributed by atoms with Crippen molar-refractivity contribution >= 4 is 34.6 Å². The van der Waals surface area contributed by atoms with Gasteiger partial charge in [0.2, 0.25) is 0 Å². The Morgan fingerprint density at radius 1 is 1.08 bits per heavy atom. The Hall–Kier alpha value is -2.81. The molecule has 0 radical (unpaired) electrons. The van der Waals surface area contributed by atoms with Gasteiger partial charge in [0.05, 0.1) is 11.7 Å². The van der Waals surface area contributed by atoms with E-state index in [0.717, 1.165) is 97.7 Å². The molecule has 0 spiro atoms. The lowest BCUT2D eigenvalue weighted by atomic mass is 9.94. The summed E-state index contributed by atoms with van der Waals surface area (Å²) in [6, 6.07) is 10.7. The lowest BCUT2D eigenvalue weighted by Gasteiger charge is -2.38. The molecule has 2 aliphatic heterocycles. The SMILES string of the molecule is C=C1c2cc(Cl)ccc2CCCN(C)CCN(C)c2cc(N(C)CCN)nc3cc(nn23)C2CCCCN12. The van der Waals surface area contributed by atoms with Crippen LogP contribution in [0, 0.1) is 0 Å². The second-order valence-electron chi connectivity index (χ2n) is 10.8. The zero-order chi connectivity index (χ0) is 26.8. The van der Waals surface area contributed by atoms with E-state index >= 15 is 0 Å². The van der Waals surface area contributed by atoms with E-state index < -0.39 is 0 Å². The molecule has 1 saturated heterocycles. The normalized spacial score (nSPS) is 19.6. The first-order valence-corrected chi connectivity index (χ1v) is 14.2. The third-order valence-electron chi connectivity index (χ3n) is 8.04. The highest BCUT2D eigenvalue weighted by Gasteiger charge is 2.29. The van der Waals surface area contributed by atoms with Crippen LogP contribution in [0.15, 0.2) is 36.9 Å². The number of likely N-dealkylation sites (N-methyl/N-ethyl adjacent to an activating group) is 3. The summed E-state index contributed by atoms with van der Waals surface area (Å²) in [7, 11) is 6.39. The van der Waals surface area contributed by atoms with Crippen LogP contribution in [0.5, 0.6) is 0 Å². The van der Waals surface area contributed by atoms with Gasteiger partial charge in [-0.05, 0) is 63.4 Å². The van der Waals surface area contributed by atoms with E-state index in [0.29, 0.717) is 6.54 Å². The average Bonchev–Trinajstić information content (AvgIpc) is 3.35. The van der Waals surface area contributed by atoms with Gasteiger partial charge < -0.3 is 25.3 Å². The highest BCUT2D eigenvalue weighted by Crippen LogP contribution is 2.38. The Morgan fingerprint density at radius 2 is 1.92 bits per heavy atom. The molecule has 2 bridgehead atoms. The molecule has 38 heavy (non-hydrogen) atoms. The van der Waals surface area contributed by atoms with Crippen molar-refractivity contribution in [3.05, 3.63) is 58.8 Å². The Kier molecular flexibility index (Phi) is 8.12. The van der Waals surface area contributed by atoms with Crippen molar-refractivity contribution in [1.29, 1.82) is 0 Å². The zero-order valence-electron chi connectivity index (χ0n) is 23.0. The summed E-state index contributed by atoms with van der Waals surface area (Å²) >= 11 is 6.51. The number of fused-ring (bicyclic) bond motifs is 4. The summed E-state index contributed by atoms with van der Waals surface area (Å²) in [5.74, 6) is 1.95. The van der Waals surface area contributed by atoms with Crippen LogP contribution in [0.25, 0.3) is 11.3 Å². The fourth-order valence-electron chi connectivity index (χ4n) is 5.74. The Morgan fingerprint density at radius 3 is 2.74 bits per heavy atom. The zero-order valence-corrected chi connectivity index (χ0v) is 23.8. The summed E-state index contributed by atoms with van der Waals surface area (Å²) in [5.41, 5.74) is 11.3. The van der Waals surface area contributed by atoms with Gasteiger partial charge in [-0.15, -0.1) is 0 Å². The minimum atomic E-state index is 0.146. The first-order valence-electron chi connectivity index (χ1n) is 13.8. The highest BCUT2D eigenvalue weighted by molar-refractivity contribution is 6.30. The number of piperidine rings is 1. The van der Waals surface area contributed by atoms with Gasteiger partial charge in [-0.3, -0.25) is 0 Å². The van der Waals surface area contributed by atoms with Crippen LogP contribution in [0.2, 0.25) is 5.02 Å². The summed E-state index contributed by atoms with van der Waals surface area (Å²) in [4.78, 5) is 14.3. The third kappa shape index (κ3) is 5.48. The minimum absolute atomic E-state index is 0.146. The first kappa shape index (κ1) is 26.8. The van der Waals surface area contributed by atoms with Crippen LogP contribution in [-0.4, -0.2) is 84.8 Å². The van der Waals surface area contributed by atoms with Crippen LogP contribution in [-0.2, 0) is 6.42 Å². The molecule has 1 fully saturated rings. The maximum atomic E-state index is 6.51. The molecule has 1 atom stereocenters. The predicted octanol–water partition coefficient (Wildman–Crippen LogP) is 4.29. The number of halogens is 1. The van der Waals surface area contributed by atoms with Gasteiger partial charge in [0, 0.05) is 75.2 Å². The Labute approximate surface area is 231 Å². The van der Waals surface area contributed by atoms with E-state index in [1.807, 2.05) is 17.6 Å². The number of aryl methyl sites for hydroxylation is 1. The van der Waals surface area contributed by atoms with E-state index in [1.165, 1.54) is 12.0 Å². The van der Waals surface area contributed by atoms with E-state index in [1.54, 1.807) is 0 Å². The van der Waals surface area contributed by atoms with Gasteiger partial charge in [0.15, 0.2) is 5.65 Å². The Bertz CT molecular complexity index is 1290. The molecule has 4 heterocycles. The molecule has 2 aromatic heterocycles. The number of aromatic nitrogens is 3. The molecule has 9 heteroatoms. The predicted molar refractivity (Wildman–Crippen MR) is 158 cm³/mol. The third-order valence-corrected chi connectivity index (χ3v) is 8.27. The monoisotopic (exact) mass is 536 g/mol. The molecule has 2 N–H and O–H groups in total. The molecule has 0 amide bonds. The number of hydrogen-bond acceptors (Lipinski definition) is 7. The van der Waals surface area contributed by atoms with Gasteiger partial charge in [0.1, 0.15) is 11.6 Å². The topological polar surface area (TPSA) is 69.2 Å². The quantitative estimate of drug-likeness (QED) is 0.535. The number of nitrogens with two attached hydrogens (primary N) is 1. The fraction of sp³-hybridized carbons (Fsp3) is 0.517. The molecular weight excluding hydrogens is 496 g/mol. The molecule has 0 aliphatic carbocycles. The van der Waals surface area contributed by atoms with Gasteiger partial charge >= 0.3 is 0 Å². The van der Waals surface area contributed by atoms with Crippen molar-refractivity contribution < 1.29 is 0 Å². The largest absolute Gasteiger partial charge is 0.363 e. The van der Waals surface area contributed by atoms with Crippen LogP contribution < -0.4 is 15.5 Å². The Balaban J connectivity index is 1.63. The fourth-order valence-corrected chi connectivity index (χ4v) is 5.91. The number of benzene rings is 1. The standard InChI is InChI=1S/C29H41ClN8/c1-21-24-18-23(30)11-10-22(24)8-7-13-34(2)16-17-36(4)29-20-27(35(3)15-12-31)32-28-19-25(33-38(28)29)26-9-5-6-14-37(21)26/h10-11,18-20,26H,1,5-9,12-17,31H2,2-4H3. The van der Waals surface area contributed by atoms with Crippen LogP contribution in [0.3, 0.4) is 0 Å². The number of rotatable bonds is 3. The van der Waals surface area contributed by atoms with Crippen molar-refractivity contribution in [1.82, 2.24) is 24.4 Å². The lowest BCUT2D eigenvalue weighted by molar-refractivity contribution is 0.226. The number of nitrogens with zero attached hydrogens (tertiary/aromatic N) is 7. The van der Waals surface area contributed by atoms with Gasteiger partial charge in [-0.1, -0.05) is 24.2 Å². The molecule has 8 nitrogen and oxygen atoms in total. The molecule has 204 valence electrons. The summed E-state index contributed by atoms with van der Waals surface area (Å²) in [6.45, 7) is 9.77. The lowest BCUT2D eigenvalue weighted by Crippen LogP contribution is -2.34. The smallest absolute Gasteiger partial charge is 0.160 e. The molecule has 3 aromatic rings. The minimum Gasteiger partial charge on any atom is -0.363 e. The number of anilines is 2. The van der Waals surface area contributed by atoms with E-state index in [9.17, 15) is 0 Å². The maximum Gasteiger partial charge on any atom is 0.160 e. The van der Waals surface area contributed by atoms with Crippen LogP contribution in [0.4, 0.5) is 11.6 Å². The van der Waals surface area contributed by atoms with Crippen LogP contribution in [0.1, 0.15) is 48.5 Å². The molecule has 0 saturated carbocycles. The van der Waals surface area contributed by atoms with Gasteiger partial charge in [0.25, 0.3) is 0 Å². The van der Waals surface area contributed by atoms with E-state index in [-0.39, 0.29) is 6.04 Å². The van der Waals surface area contributed by atoms with Crippen LogP contribution >= 0.6 is 11.6 Å². The number of hydrogen-bond donors (Lipinski definition) is 1. The molecule has 1 aromatic carbocycles. The second kappa shape index (κ2) is 11.5. The molecule has 1 unspecified atom stereocenters. The second-order valence-corrected chi connectivity index (χ2v) is 11.2. The van der Waals surface area contributed by atoms with Gasteiger partial charge in [-0.25, -0.2) is 4.98 Å². The van der Waals surface area contributed by atoms with Gasteiger partial charge in [-0.2, -0.15) is 9.61 Å². The molecule has 5 rings (SSSR count). The maximum absolute atomic E-state index is 6.51. The van der Waals surface area contributed by atoms with E-state index in [2.05, 4.69) is 64.5 Å². The summed E-state index contributed by atoms with van der Waals surface area (Å²) < 4.78 is 2.02. The van der Waals surface area contributed by atoms with E-state index in [4.69, 9.17) is 27.4 Å².